The van der Waals surface area contributed by atoms with Crippen LogP contribution in [-0.4, -0.2) is 30.6 Å². The quantitative estimate of drug-likeness (QED) is 0.108. The fourth-order valence-electron chi connectivity index (χ4n) is 7.17. The minimum Gasteiger partial charge on any atom is -0.311 e. The molecule has 42 heavy (non-hydrogen) atoms. The summed E-state index contributed by atoms with van der Waals surface area (Å²) >= 11 is 0. The molecule has 0 aliphatic carbocycles. The van der Waals surface area contributed by atoms with Gasteiger partial charge in [-0.15, -0.1) is 0 Å². The lowest BCUT2D eigenvalue weighted by Crippen LogP contribution is -2.59. The van der Waals surface area contributed by atoms with Crippen molar-refractivity contribution < 1.29 is 0 Å². The van der Waals surface area contributed by atoms with Crippen molar-refractivity contribution in [2.75, 3.05) is 19.6 Å². The third-order valence-corrected chi connectivity index (χ3v) is 9.46. The molecule has 0 aromatic heterocycles. The number of benzene rings is 3. The van der Waals surface area contributed by atoms with Crippen LogP contribution in [0.4, 0.5) is 0 Å². The van der Waals surface area contributed by atoms with Gasteiger partial charge in [0.1, 0.15) is 0 Å². The average Bonchev–Trinajstić information content (AvgIpc) is 3.05. The van der Waals surface area contributed by atoms with Gasteiger partial charge in [0, 0.05) is 25.7 Å². The minimum absolute atomic E-state index is 0.292. The second-order valence-corrected chi connectivity index (χ2v) is 12.6. The van der Waals surface area contributed by atoms with Crippen molar-refractivity contribution in [1.29, 1.82) is 0 Å². The van der Waals surface area contributed by atoms with Crippen LogP contribution in [0, 0.1) is 0 Å². The summed E-state index contributed by atoms with van der Waals surface area (Å²) in [6, 6.07) is 34.1. The summed E-state index contributed by atoms with van der Waals surface area (Å²) in [4.78, 5) is 2.76. The number of hydrogen-bond acceptors (Lipinski definition) is 2. The van der Waals surface area contributed by atoms with Crippen LogP contribution in [0.1, 0.15) is 126 Å². The SMILES string of the molecule is CCCCCCCCCCCCCCCCCC1CN(C(c2ccccc2)(c2ccccc2)c2ccccc2)CCN1. The molecule has 1 aliphatic rings. The molecule has 1 heterocycles. The highest BCUT2D eigenvalue weighted by atomic mass is 15.3. The van der Waals surface area contributed by atoms with E-state index in [1.54, 1.807) is 0 Å². The van der Waals surface area contributed by atoms with Gasteiger partial charge in [-0.1, -0.05) is 194 Å². The second-order valence-electron chi connectivity index (χ2n) is 12.6. The van der Waals surface area contributed by atoms with E-state index in [0.717, 1.165) is 19.6 Å². The standard InChI is InChI=1S/C40H58N2/c1-2-3-4-5-6-7-8-9-10-11-12-13-14-15-25-32-39-35-42(34-33-41-39)40(36-26-19-16-20-27-36,37-28-21-17-22-29-37)38-30-23-18-24-31-38/h16-24,26-31,39,41H,2-15,25,32-35H2,1H3. The summed E-state index contributed by atoms with van der Waals surface area (Å²) in [7, 11) is 0. The van der Waals surface area contributed by atoms with E-state index in [2.05, 4.69) is 108 Å². The molecule has 3 aromatic rings. The van der Waals surface area contributed by atoms with E-state index in [1.165, 1.54) is 119 Å². The molecular formula is C40H58N2. The molecule has 4 rings (SSSR count). The van der Waals surface area contributed by atoms with Crippen LogP contribution in [0.3, 0.4) is 0 Å². The number of piperazine rings is 1. The van der Waals surface area contributed by atoms with Crippen molar-refractivity contribution in [3.05, 3.63) is 108 Å². The number of rotatable bonds is 20. The van der Waals surface area contributed by atoms with E-state index in [1.807, 2.05) is 0 Å². The first-order valence-electron chi connectivity index (χ1n) is 17.5. The molecule has 3 aromatic carbocycles. The summed E-state index contributed by atoms with van der Waals surface area (Å²) in [5.41, 5.74) is 3.78. The van der Waals surface area contributed by atoms with Crippen LogP contribution in [0.15, 0.2) is 91.0 Å². The Bertz CT molecular complexity index is 968. The summed E-state index contributed by atoms with van der Waals surface area (Å²) < 4.78 is 0. The maximum Gasteiger partial charge on any atom is 0.0973 e. The Balaban J connectivity index is 1.25. The molecule has 0 saturated carbocycles. The van der Waals surface area contributed by atoms with Crippen LogP contribution >= 0.6 is 0 Å². The fourth-order valence-corrected chi connectivity index (χ4v) is 7.17. The van der Waals surface area contributed by atoms with Gasteiger partial charge in [0.15, 0.2) is 0 Å². The van der Waals surface area contributed by atoms with Crippen LogP contribution in [0.5, 0.6) is 0 Å². The van der Waals surface area contributed by atoms with Gasteiger partial charge >= 0.3 is 0 Å². The van der Waals surface area contributed by atoms with Crippen molar-refractivity contribution in [1.82, 2.24) is 10.2 Å². The summed E-state index contributed by atoms with van der Waals surface area (Å²) in [5, 5.41) is 3.88. The monoisotopic (exact) mass is 566 g/mol. The molecule has 0 bridgehead atoms. The number of unbranched alkanes of at least 4 members (excludes halogenated alkanes) is 14. The molecule has 1 aliphatic heterocycles. The summed E-state index contributed by atoms with van der Waals surface area (Å²) in [5.74, 6) is 0. The largest absolute Gasteiger partial charge is 0.311 e. The van der Waals surface area contributed by atoms with Gasteiger partial charge in [0.05, 0.1) is 5.54 Å². The molecule has 0 spiro atoms. The molecule has 1 atom stereocenters. The average molecular weight is 567 g/mol. The second kappa shape index (κ2) is 19.0. The van der Waals surface area contributed by atoms with E-state index in [-0.39, 0.29) is 5.54 Å². The third kappa shape index (κ3) is 9.55. The highest BCUT2D eigenvalue weighted by Crippen LogP contribution is 2.43. The van der Waals surface area contributed by atoms with Crippen molar-refractivity contribution in [3.8, 4) is 0 Å². The number of hydrogen-bond donors (Lipinski definition) is 1. The van der Waals surface area contributed by atoms with Gasteiger partial charge < -0.3 is 5.32 Å². The van der Waals surface area contributed by atoms with Gasteiger partial charge in [-0.25, -0.2) is 0 Å². The Morgan fingerprint density at radius 1 is 0.548 bits per heavy atom. The lowest BCUT2D eigenvalue weighted by atomic mass is 9.75. The Morgan fingerprint density at radius 2 is 0.929 bits per heavy atom. The Labute approximate surface area is 258 Å². The van der Waals surface area contributed by atoms with Crippen LogP contribution in [0.2, 0.25) is 0 Å². The first-order chi connectivity index (χ1) is 20.9. The first-order valence-corrected chi connectivity index (χ1v) is 17.5. The van der Waals surface area contributed by atoms with Crippen molar-refractivity contribution >= 4 is 0 Å². The molecule has 1 unspecified atom stereocenters. The summed E-state index contributed by atoms with van der Waals surface area (Å²) in [6.07, 6.45) is 22.6. The molecule has 2 heteroatoms. The zero-order valence-electron chi connectivity index (χ0n) is 26.6. The van der Waals surface area contributed by atoms with Crippen molar-refractivity contribution in [2.24, 2.45) is 0 Å². The lowest BCUT2D eigenvalue weighted by molar-refractivity contribution is 0.107. The maximum absolute atomic E-state index is 3.88. The van der Waals surface area contributed by atoms with Crippen molar-refractivity contribution in [3.63, 3.8) is 0 Å². The smallest absolute Gasteiger partial charge is 0.0973 e. The summed E-state index contributed by atoms with van der Waals surface area (Å²) in [6.45, 7) is 5.44. The molecule has 1 fully saturated rings. The topological polar surface area (TPSA) is 15.3 Å². The highest BCUT2D eigenvalue weighted by molar-refractivity contribution is 5.49. The van der Waals surface area contributed by atoms with Crippen LogP contribution in [0.25, 0.3) is 0 Å². The molecule has 1 saturated heterocycles. The van der Waals surface area contributed by atoms with E-state index in [9.17, 15) is 0 Å². The zero-order chi connectivity index (χ0) is 29.1. The van der Waals surface area contributed by atoms with Crippen molar-refractivity contribution in [2.45, 2.75) is 121 Å². The number of nitrogens with one attached hydrogen (secondary N) is 1. The predicted octanol–water partition coefficient (Wildman–Crippen LogP) is 10.5. The molecule has 0 radical (unpaired) electrons. The van der Waals surface area contributed by atoms with E-state index in [0.29, 0.717) is 6.04 Å². The Kier molecular flexibility index (Phi) is 14.7. The van der Waals surface area contributed by atoms with Gasteiger partial charge in [0.2, 0.25) is 0 Å². The van der Waals surface area contributed by atoms with E-state index in [4.69, 9.17) is 0 Å². The van der Waals surface area contributed by atoms with Gasteiger partial charge in [0.25, 0.3) is 0 Å². The Morgan fingerprint density at radius 3 is 1.33 bits per heavy atom. The molecule has 2 nitrogen and oxygen atoms in total. The van der Waals surface area contributed by atoms with Crippen LogP contribution < -0.4 is 5.32 Å². The first kappa shape index (κ1) is 32.5. The molecule has 228 valence electrons. The predicted molar refractivity (Wildman–Crippen MR) is 182 cm³/mol. The molecular weight excluding hydrogens is 508 g/mol. The van der Waals surface area contributed by atoms with E-state index < -0.39 is 0 Å². The maximum atomic E-state index is 3.88. The molecule has 0 amide bonds. The van der Waals surface area contributed by atoms with Gasteiger partial charge in [-0.2, -0.15) is 0 Å². The third-order valence-electron chi connectivity index (χ3n) is 9.46. The fraction of sp³-hybridized carbons (Fsp3) is 0.550. The zero-order valence-corrected chi connectivity index (χ0v) is 26.6. The number of nitrogens with zero attached hydrogens (tertiary/aromatic N) is 1. The Hall–Kier alpha value is -2.42. The highest BCUT2D eigenvalue weighted by Gasteiger charge is 2.43. The lowest BCUT2D eigenvalue weighted by Gasteiger charge is -2.49. The molecule has 1 N–H and O–H groups in total. The normalized spacial score (nSPS) is 16.1. The minimum atomic E-state index is -0.292. The van der Waals surface area contributed by atoms with Gasteiger partial charge in [-0.05, 0) is 23.1 Å². The van der Waals surface area contributed by atoms with Gasteiger partial charge in [-0.3, -0.25) is 4.90 Å². The van der Waals surface area contributed by atoms with E-state index >= 15 is 0 Å². The van der Waals surface area contributed by atoms with Crippen LogP contribution in [-0.2, 0) is 5.54 Å².